The van der Waals surface area contributed by atoms with E-state index in [0.29, 0.717) is 5.57 Å². The van der Waals surface area contributed by atoms with Crippen molar-refractivity contribution in [2.75, 3.05) is 14.2 Å². The summed E-state index contributed by atoms with van der Waals surface area (Å²) >= 11 is 0. The van der Waals surface area contributed by atoms with E-state index in [1.165, 1.54) is 40.4 Å². The Morgan fingerprint density at radius 2 is 1.38 bits per heavy atom. The summed E-state index contributed by atoms with van der Waals surface area (Å²) in [5.74, 6) is -1.53. The first kappa shape index (κ1) is 25.7. The molecule has 0 aliphatic carbocycles. The molecule has 0 rings (SSSR count). The minimum absolute atomic E-state index is 0.115. The zero-order chi connectivity index (χ0) is 19.5. The van der Waals surface area contributed by atoms with Crippen LogP contribution in [-0.4, -0.2) is 37.9 Å². The standard InChI is InChI=1S/C7H9NO2.C5H8O3.C3H3NO2/c1-6(3-4-8)5-7(9)10-2;1-4(6)3-5(7)8-2;1-3(5)6-2-4/h3H,5H2,1-2H3;3H2,1-2H3;1H3/b6-3+;;. The second kappa shape index (κ2) is 17.9. The van der Waals surface area contributed by atoms with Crippen molar-refractivity contribution in [2.45, 2.75) is 33.6 Å². The summed E-state index contributed by atoms with van der Waals surface area (Å²) < 4.78 is 12.3. The number of carbonyl (C=O) groups is 4. The summed E-state index contributed by atoms with van der Waals surface area (Å²) in [6.07, 6.45) is 2.63. The number of ether oxygens (including phenoxy) is 3. The maximum absolute atomic E-state index is 10.5. The molecule has 0 N–H and O–H groups in total. The molecule has 0 bridgehead atoms. The predicted molar refractivity (Wildman–Crippen MR) is 80.7 cm³/mol. The molecule has 0 aromatic carbocycles. The number of carbonyl (C=O) groups excluding carboxylic acids is 4. The summed E-state index contributed by atoms with van der Waals surface area (Å²) in [5.41, 5.74) is 0.717. The lowest BCUT2D eigenvalue weighted by atomic mass is 10.2. The van der Waals surface area contributed by atoms with E-state index in [1.54, 1.807) is 6.92 Å². The van der Waals surface area contributed by atoms with Crippen LogP contribution in [0.25, 0.3) is 0 Å². The zero-order valence-corrected chi connectivity index (χ0v) is 14.2. The Bertz CT molecular complexity index is 539. The highest BCUT2D eigenvalue weighted by Gasteiger charge is 2.01. The lowest BCUT2D eigenvalue weighted by Gasteiger charge is -1.95. The molecular weight excluding hydrogens is 320 g/mol. The van der Waals surface area contributed by atoms with Crippen LogP contribution in [0.15, 0.2) is 11.6 Å². The van der Waals surface area contributed by atoms with Gasteiger partial charge < -0.3 is 14.2 Å². The van der Waals surface area contributed by atoms with E-state index in [4.69, 9.17) is 10.5 Å². The van der Waals surface area contributed by atoms with Gasteiger partial charge in [0.15, 0.2) is 0 Å². The van der Waals surface area contributed by atoms with Crippen molar-refractivity contribution in [1.82, 2.24) is 0 Å². The quantitative estimate of drug-likeness (QED) is 0.242. The molecule has 0 fully saturated rings. The Hall–Kier alpha value is -3.20. The lowest BCUT2D eigenvalue weighted by Crippen LogP contribution is -2.05. The highest BCUT2D eigenvalue weighted by Crippen LogP contribution is 1.99. The van der Waals surface area contributed by atoms with Gasteiger partial charge in [0.05, 0.1) is 26.7 Å². The number of nitriles is 2. The summed E-state index contributed by atoms with van der Waals surface area (Å²) in [5, 5.41) is 15.7. The first-order valence-corrected chi connectivity index (χ1v) is 6.39. The van der Waals surface area contributed by atoms with Gasteiger partial charge in [-0.05, 0) is 13.8 Å². The van der Waals surface area contributed by atoms with Gasteiger partial charge in [0, 0.05) is 13.0 Å². The van der Waals surface area contributed by atoms with Crippen molar-refractivity contribution in [3.8, 4) is 12.3 Å². The highest BCUT2D eigenvalue weighted by molar-refractivity contribution is 5.93. The number of Topliss-reactive ketones (excluding diaryl/α,β-unsaturated/α-hetero) is 1. The Morgan fingerprint density at radius 1 is 0.917 bits per heavy atom. The molecule has 0 aliphatic rings. The third-order valence-electron chi connectivity index (χ3n) is 1.77. The normalized spacial score (nSPS) is 8.54. The third kappa shape index (κ3) is 27.2. The van der Waals surface area contributed by atoms with Crippen molar-refractivity contribution < 1.29 is 33.4 Å². The Labute approximate surface area is 140 Å². The molecule has 0 aromatic heterocycles. The largest absolute Gasteiger partial charge is 0.469 e. The van der Waals surface area contributed by atoms with Crippen LogP contribution in [-0.2, 0) is 33.4 Å². The third-order valence-corrected chi connectivity index (χ3v) is 1.77. The molecule has 0 amide bonds. The summed E-state index contributed by atoms with van der Waals surface area (Å²) in [7, 11) is 2.58. The first-order chi connectivity index (χ1) is 11.1. The second-order valence-electron chi connectivity index (χ2n) is 4.01. The number of ketones is 1. The molecule has 0 saturated heterocycles. The van der Waals surface area contributed by atoms with Crippen LogP contribution in [0, 0.1) is 22.8 Å². The zero-order valence-electron chi connectivity index (χ0n) is 14.2. The van der Waals surface area contributed by atoms with Crippen molar-refractivity contribution >= 4 is 23.7 Å². The van der Waals surface area contributed by atoms with Gasteiger partial charge in [-0.3, -0.25) is 19.2 Å². The SMILES string of the molecule is CC(=O)OC#N.COC(=O)C/C(C)=C/C#N.COC(=O)CC(C)=O. The van der Waals surface area contributed by atoms with E-state index in [0.717, 1.165) is 0 Å². The molecule has 0 aliphatic heterocycles. The molecule has 132 valence electrons. The Balaban J connectivity index is -0.000000285. The monoisotopic (exact) mass is 340 g/mol. The van der Waals surface area contributed by atoms with E-state index in [9.17, 15) is 19.2 Å². The van der Waals surface area contributed by atoms with Gasteiger partial charge in [-0.2, -0.15) is 5.26 Å². The average Bonchev–Trinajstić information content (AvgIpc) is 2.47. The molecule has 0 aromatic rings. The smallest absolute Gasteiger partial charge is 0.318 e. The average molecular weight is 340 g/mol. The number of allylic oxidation sites excluding steroid dienone is 1. The summed E-state index contributed by atoms with van der Waals surface area (Å²) in [6.45, 7) is 4.22. The van der Waals surface area contributed by atoms with Crippen molar-refractivity contribution in [1.29, 1.82) is 10.5 Å². The van der Waals surface area contributed by atoms with E-state index >= 15 is 0 Å². The number of hydrogen-bond donors (Lipinski definition) is 0. The number of nitrogens with zero attached hydrogens (tertiary/aromatic N) is 2. The number of esters is 3. The van der Waals surface area contributed by atoms with E-state index in [-0.39, 0.29) is 24.6 Å². The summed E-state index contributed by atoms with van der Waals surface area (Å²) in [4.78, 5) is 40.4. The molecule has 0 radical (unpaired) electrons. The molecule has 0 saturated carbocycles. The topological polar surface area (TPSA) is 144 Å². The molecule has 0 unspecified atom stereocenters. The van der Waals surface area contributed by atoms with Gasteiger partial charge in [-0.15, -0.1) is 5.26 Å². The fraction of sp³-hybridized carbons (Fsp3) is 0.467. The van der Waals surface area contributed by atoms with E-state index < -0.39 is 11.9 Å². The van der Waals surface area contributed by atoms with Gasteiger partial charge >= 0.3 is 17.9 Å². The molecule has 9 heteroatoms. The second-order valence-corrected chi connectivity index (χ2v) is 4.01. The molecule has 24 heavy (non-hydrogen) atoms. The van der Waals surface area contributed by atoms with Crippen LogP contribution in [0.2, 0.25) is 0 Å². The van der Waals surface area contributed by atoms with Crippen LogP contribution in [0.4, 0.5) is 0 Å². The molecule has 0 spiro atoms. The lowest BCUT2D eigenvalue weighted by molar-refractivity contribution is -0.143. The van der Waals surface area contributed by atoms with Crippen LogP contribution in [0.3, 0.4) is 0 Å². The van der Waals surface area contributed by atoms with Crippen molar-refractivity contribution in [2.24, 2.45) is 0 Å². The fourth-order valence-electron chi connectivity index (χ4n) is 0.801. The highest BCUT2D eigenvalue weighted by atomic mass is 16.5. The molecular formula is C15H20N2O7. The minimum Gasteiger partial charge on any atom is -0.469 e. The van der Waals surface area contributed by atoms with Gasteiger partial charge in [0.25, 0.3) is 6.26 Å². The molecule has 9 nitrogen and oxygen atoms in total. The van der Waals surface area contributed by atoms with Crippen LogP contribution >= 0.6 is 0 Å². The maximum Gasteiger partial charge on any atom is 0.318 e. The maximum atomic E-state index is 10.5. The van der Waals surface area contributed by atoms with Crippen molar-refractivity contribution in [3.05, 3.63) is 11.6 Å². The van der Waals surface area contributed by atoms with E-state index in [1.807, 2.05) is 6.07 Å². The molecule has 0 atom stereocenters. The van der Waals surface area contributed by atoms with Crippen LogP contribution in [0.5, 0.6) is 0 Å². The predicted octanol–water partition coefficient (Wildman–Crippen LogP) is 1.19. The van der Waals surface area contributed by atoms with Crippen LogP contribution < -0.4 is 0 Å². The van der Waals surface area contributed by atoms with Gasteiger partial charge in [0.2, 0.25) is 0 Å². The van der Waals surface area contributed by atoms with Gasteiger partial charge in [0.1, 0.15) is 12.2 Å². The van der Waals surface area contributed by atoms with Crippen LogP contribution in [0.1, 0.15) is 33.6 Å². The number of methoxy groups -OCH3 is 2. The summed E-state index contributed by atoms with van der Waals surface area (Å²) in [6, 6.07) is 1.83. The van der Waals surface area contributed by atoms with E-state index in [2.05, 4.69) is 14.2 Å². The van der Waals surface area contributed by atoms with Gasteiger partial charge in [-0.1, -0.05) is 5.57 Å². The van der Waals surface area contributed by atoms with Crippen molar-refractivity contribution in [3.63, 3.8) is 0 Å². The van der Waals surface area contributed by atoms with Gasteiger partial charge in [-0.25, -0.2) is 0 Å². The minimum atomic E-state index is -0.572. The Kier molecular flexibility index (Phi) is 19.1. The molecule has 0 heterocycles. The number of hydrogen-bond acceptors (Lipinski definition) is 9. The fourth-order valence-corrected chi connectivity index (χ4v) is 0.801. The number of rotatable bonds is 4. The first-order valence-electron chi connectivity index (χ1n) is 6.39. The Morgan fingerprint density at radius 3 is 1.58 bits per heavy atom.